The molecule has 3 aromatic heterocycles. The van der Waals surface area contributed by atoms with E-state index in [-0.39, 0.29) is 22.2 Å². The zero-order chi connectivity index (χ0) is 28.0. The molecule has 4 heterocycles. The standard InChI is InChI=1S/C31H26N4O4S/c1-19-11-13-20(14-12-19)40(38,39)35-27(25-9-6-7-15-32-25)16-21-22(18-33(2)29(36)28(21)35)24-17-31(24)23-8-4-5-10-26(23)34(3)30(31)37/h4-16,18,24H,17H2,1-3H3. The fraction of sp³-hybridized carbons (Fsp3) is 0.194. The van der Waals surface area contributed by atoms with Crippen molar-refractivity contribution in [3.8, 4) is 11.4 Å². The van der Waals surface area contributed by atoms with Gasteiger partial charge in [0.1, 0.15) is 5.52 Å². The van der Waals surface area contributed by atoms with E-state index in [0.717, 1.165) is 26.4 Å². The van der Waals surface area contributed by atoms with Crippen molar-refractivity contribution in [3.63, 3.8) is 0 Å². The van der Waals surface area contributed by atoms with Crippen molar-refractivity contribution in [2.24, 2.45) is 7.05 Å². The summed E-state index contributed by atoms with van der Waals surface area (Å²) in [6.07, 6.45) is 3.92. The lowest BCUT2D eigenvalue weighted by molar-refractivity contribution is -0.120. The summed E-state index contributed by atoms with van der Waals surface area (Å²) in [5.74, 6) is -0.202. The smallest absolute Gasteiger partial charge is 0.275 e. The molecule has 1 spiro atoms. The van der Waals surface area contributed by atoms with Crippen molar-refractivity contribution in [1.82, 2.24) is 13.5 Å². The van der Waals surface area contributed by atoms with Crippen LogP contribution in [0.1, 0.15) is 29.0 Å². The SMILES string of the molecule is Cc1ccc(S(=O)(=O)n2c(-c3ccccn3)cc3c(C4CC45C(=O)N(C)c4ccccc45)cn(C)c(=O)c32)cc1. The second-order valence-corrected chi connectivity index (χ2v) is 12.5. The van der Waals surface area contributed by atoms with Gasteiger partial charge in [-0.3, -0.25) is 14.6 Å². The Bertz CT molecular complexity index is 2030. The second kappa shape index (κ2) is 8.25. The minimum absolute atomic E-state index is 0.0114. The van der Waals surface area contributed by atoms with Gasteiger partial charge in [-0.05, 0) is 60.9 Å². The Morgan fingerprint density at radius 2 is 1.68 bits per heavy atom. The number of nitrogens with zero attached hydrogens (tertiary/aromatic N) is 4. The third-order valence-electron chi connectivity index (χ3n) is 8.38. The molecule has 0 N–H and O–H groups in total. The highest BCUT2D eigenvalue weighted by atomic mass is 32.2. The molecule has 7 rings (SSSR count). The third kappa shape index (κ3) is 3.18. The van der Waals surface area contributed by atoms with Crippen LogP contribution in [-0.2, 0) is 27.3 Å². The average molecular weight is 551 g/mol. The summed E-state index contributed by atoms with van der Waals surface area (Å²) in [4.78, 5) is 33.6. The number of carbonyl (C=O) groups excluding carboxylic acids is 1. The molecule has 0 saturated heterocycles. The Morgan fingerprint density at radius 1 is 0.950 bits per heavy atom. The number of aryl methyl sites for hydroxylation is 2. The van der Waals surface area contributed by atoms with Crippen molar-refractivity contribution < 1.29 is 13.2 Å². The van der Waals surface area contributed by atoms with E-state index in [2.05, 4.69) is 4.98 Å². The summed E-state index contributed by atoms with van der Waals surface area (Å²) in [7, 11) is -0.785. The molecule has 1 amide bonds. The molecule has 40 heavy (non-hydrogen) atoms. The molecule has 1 fully saturated rings. The first kappa shape index (κ1) is 24.5. The van der Waals surface area contributed by atoms with E-state index < -0.39 is 21.0 Å². The Balaban J connectivity index is 1.52. The van der Waals surface area contributed by atoms with Gasteiger partial charge in [0.2, 0.25) is 5.91 Å². The van der Waals surface area contributed by atoms with Crippen LogP contribution in [0.15, 0.2) is 94.9 Å². The normalized spacial score (nSPS) is 19.9. The van der Waals surface area contributed by atoms with E-state index in [0.29, 0.717) is 23.2 Å². The molecule has 0 radical (unpaired) electrons. The first-order chi connectivity index (χ1) is 19.2. The van der Waals surface area contributed by atoms with Gasteiger partial charge >= 0.3 is 0 Å². The number of hydrogen-bond acceptors (Lipinski definition) is 5. The Labute approximate surface area is 231 Å². The second-order valence-electron chi connectivity index (χ2n) is 10.7. The number of rotatable bonds is 4. The molecule has 2 aromatic carbocycles. The van der Waals surface area contributed by atoms with Gasteiger partial charge in [0, 0.05) is 43.5 Å². The molecule has 1 saturated carbocycles. The monoisotopic (exact) mass is 550 g/mol. The van der Waals surface area contributed by atoms with Gasteiger partial charge < -0.3 is 9.47 Å². The van der Waals surface area contributed by atoms with Crippen LogP contribution in [0.3, 0.4) is 0 Å². The maximum Gasteiger partial charge on any atom is 0.275 e. The minimum atomic E-state index is -4.19. The van der Waals surface area contributed by atoms with Gasteiger partial charge in [0.25, 0.3) is 15.6 Å². The number of hydrogen-bond donors (Lipinski definition) is 0. The van der Waals surface area contributed by atoms with E-state index in [9.17, 15) is 18.0 Å². The maximum atomic E-state index is 14.2. The number of pyridine rings is 2. The van der Waals surface area contributed by atoms with Crippen molar-refractivity contribution in [2.75, 3.05) is 11.9 Å². The van der Waals surface area contributed by atoms with Crippen LogP contribution in [0.5, 0.6) is 0 Å². The molecule has 1 aliphatic carbocycles. The average Bonchev–Trinajstić information content (AvgIpc) is 3.51. The Hall–Kier alpha value is -4.50. The maximum absolute atomic E-state index is 14.2. The van der Waals surface area contributed by atoms with Crippen LogP contribution in [0.25, 0.3) is 22.3 Å². The number of anilines is 1. The first-order valence-electron chi connectivity index (χ1n) is 13.0. The van der Waals surface area contributed by atoms with Crippen LogP contribution >= 0.6 is 0 Å². The predicted molar refractivity (Wildman–Crippen MR) is 153 cm³/mol. The molecule has 2 aliphatic rings. The lowest BCUT2D eigenvalue weighted by atomic mass is 9.91. The van der Waals surface area contributed by atoms with Crippen LogP contribution in [0.4, 0.5) is 5.69 Å². The van der Waals surface area contributed by atoms with Crippen LogP contribution < -0.4 is 10.5 Å². The molecular weight excluding hydrogens is 524 g/mol. The largest absolute Gasteiger partial charge is 0.316 e. The number of para-hydroxylation sites is 1. The van der Waals surface area contributed by atoms with Crippen molar-refractivity contribution >= 4 is 32.5 Å². The van der Waals surface area contributed by atoms with Crippen LogP contribution in [-0.4, -0.2) is 34.9 Å². The Kier molecular flexibility index (Phi) is 5.06. The summed E-state index contributed by atoms with van der Waals surface area (Å²) < 4.78 is 31.0. The van der Waals surface area contributed by atoms with Crippen molar-refractivity contribution in [1.29, 1.82) is 0 Å². The highest BCUT2D eigenvalue weighted by molar-refractivity contribution is 7.90. The molecule has 2 atom stereocenters. The molecule has 1 aliphatic heterocycles. The number of benzene rings is 2. The predicted octanol–water partition coefficient (Wildman–Crippen LogP) is 4.35. The molecule has 5 aromatic rings. The van der Waals surface area contributed by atoms with Gasteiger partial charge in [-0.15, -0.1) is 0 Å². The molecule has 200 valence electrons. The summed E-state index contributed by atoms with van der Waals surface area (Å²) >= 11 is 0. The first-order valence-corrected chi connectivity index (χ1v) is 14.5. The van der Waals surface area contributed by atoms with E-state index in [4.69, 9.17) is 0 Å². The number of likely N-dealkylation sites (N-methyl/N-ethyl adjacent to an activating group) is 1. The van der Waals surface area contributed by atoms with Crippen LogP contribution in [0.2, 0.25) is 0 Å². The lowest BCUT2D eigenvalue weighted by Gasteiger charge is -2.14. The number of carbonyl (C=O) groups is 1. The Morgan fingerprint density at radius 3 is 2.40 bits per heavy atom. The van der Waals surface area contributed by atoms with Gasteiger partial charge in [-0.2, -0.15) is 0 Å². The van der Waals surface area contributed by atoms with Gasteiger partial charge in [0.15, 0.2) is 0 Å². The summed E-state index contributed by atoms with van der Waals surface area (Å²) in [5.41, 5.74) is 3.13. The summed E-state index contributed by atoms with van der Waals surface area (Å²) in [6, 6.07) is 21.3. The fourth-order valence-electron chi connectivity index (χ4n) is 6.29. The highest BCUT2D eigenvalue weighted by Crippen LogP contribution is 2.66. The van der Waals surface area contributed by atoms with E-state index in [1.165, 1.54) is 4.57 Å². The molecule has 2 unspecified atom stereocenters. The van der Waals surface area contributed by atoms with Gasteiger partial charge in [-0.1, -0.05) is 42.0 Å². The summed E-state index contributed by atoms with van der Waals surface area (Å²) in [6.45, 7) is 1.88. The zero-order valence-electron chi connectivity index (χ0n) is 22.2. The summed E-state index contributed by atoms with van der Waals surface area (Å²) in [5, 5.41) is 0.515. The zero-order valence-corrected chi connectivity index (χ0v) is 23.0. The van der Waals surface area contributed by atoms with Gasteiger partial charge in [-0.25, -0.2) is 12.4 Å². The lowest BCUT2D eigenvalue weighted by Crippen LogP contribution is -2.29. The van der Waals surface area contributed by atoms with E-state index >= 15 is 0 Å². The number of amides is 1. The van der Waals surface area contributed by atoms with E-state index in [1.807, 2.05) is 31.2 Å². The third-order valence-corrected chi connectivity index (χ3v) is 10.1. The topological polar surface area (TPSA) is 94.3 Å². The molecule has 0 bridgehead atoms. The molecular formula is C31H26N4O4S. The number of fused-ring (bicyclic) bond motifs is 3. The molecule has 9 heteroatoms. The van der Waals surface area contributed by atoms with E-state index in [1.54, 1.807) is 79.9 Å². The van der Waals surface area contributed by atoms with Crippen molar-refractivity contribution in [2.45, 2.75) is 29.6 Å². The number of aromatic nitrogens is 3. The highest BCUT2D eigenvalue weighted by Gasteiger charge is 2.67. The van der Waals surface area contributed by atoms with Crippen LogP contribution in [0, 0.1) is 6.92 Å². The fourth-order valence-corrected chi connectivity index (χ4v) is 7.81. The van der Waals surface area contributed by atoms with Gasteiger partial charge in [0.05, 0.1) is 21.7 Å². The minimum Gasteiger partial charge on any atom is -0.316 e. The molecule has 8 nitrogen and oxygen atoms in total. The van der Waals surface area contributed by atoms with Crippen molar-refractivity contribution in [3.05, 3.63) is 112 Å². The quantitative estimate of drug-likeness (QED) is 0.332.